The van der Waals surface area contributed by atoms with E-state index in [4.69, 9.17) is 0 Å². The molecule has 0 bridgehead atoms. The van der Waals surface area contributed by atoms with Crippen LogP contribution in [0.2, 0.25) is 0 Å². The first kappa shape index (κ1) is 16.7. The van der Waals surface area contributed by atoms with Crippen LogP contribution in [0.3, 0.4) is 0 Å². The second-order valence-corrected chi connectivity index (χ2v) is 5.72. The fraction of sp³-hybridized carbons (Fsp3) is 0.294. The van der Waals surface area contributed by atoms with Gasteiger partial charge < -0.3 is 19.8 Å². The molecule has 0 aliphatic rings. The van der Waals surface area contributed by atoms with Gasteiger partial charge in [0.1, 0.15) is 12.2 Å². The van der Waals surface area contributed by atoms with Crippen LogP contribution in [0.4, 0.5) is 0 Å². The van der Waals surface area contributed by atoms with Gasteiger partial charge in [0.15, 0.2) is 11.8 Å². The number of benzene rings is 1. The first-order valence-corrected chi connectivity index (χ1v) is 8.01. The molecule has 0 saturated carbocycles. The number of imidazole rings is 1. The van der Waals surface area contributed by atoms with Crippen LogP contribution in [0.1, 0.15) is 11.6 Å². The van der Waals surface area contributed by atoms with Crippen molar-refractivity contribution in [1.82, 2.24) is 34.9 Å². The van der Waals surface area contributed by atoms with Gasteiger partial charge in [0.25, 0.3) is 0 Å². The number of aromatic nitrogens is 5. The number of guanidine groups is 1. The quantitative estimate of drug-likeness (QED) is 0.543. The Morgan fingerprint density at radius 3 is 2.80 bits per heavy atom. The van der Waals surface area contributed by atoms with Crippen molar-refractivity contribution in [2.45, 2.75) is 13.1 Å². The molecule has 2 N–H and O–H groups in total. The maximum absolute atomic E-state index is 4.47. The molecule has 2 heterocycles. The van der Waals surface area contributed by atoms with Gasteiger partial charge in [-0.2, -0.15) is 0 Å². The zero-order valence-corrected chi connectivity index (χ0v) is 14.6. The third-order valence-corrected chi connectivity index (χ3v) is 3.88. The fourth-order valence-electron chi connectivity index (χ4n) is 2.52. The highest BCUT2D eigenvalue weighted by atomic mass is 15.3. The van der Waals surface area contributed by atoms with E-state index in [1.165, 1.54) is 0 Å². The molecule has 8 nitrogen and oxygen atoms in total. The van der Waals surface area contributed by atoms with E-state index in [1.54, 1.807) is 13.4 Å². The second kappa shape index (κ2) is 7.61. The molecule has 25 heavy (non-hydrogen) atoms. The molecule has 1 aromatic carbocycles. The molecular formula is C17H22N8. The third kappa shape index (κ3) is 4.03. The van der Waals surface area contributed by atoms with E-state index in [-0.39, 0.29) is 0 Å². The first-order chi connectivity index (χ1) is 12.2. The van der Waals surface area contributed by atoms with Crippen molar-refractivity contribution in [3.63, 3.8) is 0 Å². The molecule has 3 rings (SSSR count). The van der Waals surface area contributed by atoms with Gasteiger partial charge >= 0.3 is 0 Å². The van der Waals surface area contributed by atoms with Crippen molar-refractivity contribution < 1.29 is 0 Å². The summed E-state index contributed by atoms with van der Waals surface area (Å²) in [5.74, 6) is 2.49. The summed E-state index contributed by atoms with van der Waals surface area (Å²) in [4.78, 5) is 14.1. The van der Waals surface area contributed by atoms with Gasteiger partial charge in [-0.3, -0.25) is 4.99 Å². The highest BCUT2D eigenvalue weighted by Crippen LogP contribution is 2.16. The maximum atomic E-state index is 4.47. The van der Waals surface area contributed by atoms with Crippen LogP contribution in [0.25, 0.3) is 11.3 Å². The topological polar surface area (TPSA) is 87.0 Å². The summed E-state index contributed by atoms with van der Waals surface area (Å²) < 4.78 is 1.87. The zero-order valence-electron chi connectivity index (χ0n) is 14.6. The molecule has 3 aromatic rings. The molecule has 0 radical (unpaired) electrons. The van der Waals surface area contributed by atoms with E-state index in [2.05, 4.69) is 42.6 Å². The summed E-state index contributed by atoms with van der Waals surface area (Å²) in [5.41, 5.74) is 2.12. The molecule has 2 aromatic heterocycles. The molecule has 0 aliphatic carbocycles. The van der Waals surface area contributed by atoms with Crippen molar-refractivity contribution in [2.75, 3.05) is 14.1 Å². The Balaban J connectivity index is 1.61. The number of rotatable bonds is 5. The number of aliphatic imine (C=N–C) groups is 1. The van der Waals surface area contributed by atoms with E-state index < -0.39 is 0 Å². The largest absolute Gasteiger partial charge is 0.349 e. The summed E-state index contributed by atoms with van der Waals surface area (Å²) in [6.07, 6.45) is 3.53. The zero-order chi connectivity index (χ0) is 17.6. The number of hydrogen-bond acceptors (Lipinski definition) is 4. The standard InChI is InChI=1S/C17H22N8/c1-18-17(20-10-16-23-21-12-25(16)3)24(2)11-15-19-9-14(22-15)13-7-5-4-6-8-13/h4-9,12H,10-11H2,1-3H3,(H,18,20)(H,19,22). The Kier molecular flexibility index (Phi) is 5.08. The predicted octanol–water partition coefficient (Wildman–Crippen LogP) is 1.41. The van der Waals surface area contributed by atoms with Crippen LogP contribution < -0.4 is 5.32 Å². The van der Waals surface area contributed by atoms with E-state index in [1.807, 2.05) is 48.0 Å². The number of hydrogen-bond donors (Lipinski definition) is 2. The van der Waals surface area contributed by atoms with Crippen LogP contribution in [0, 0.1) is 0 Å². The monoisotopic (exact) mass is 338 g/mol. The van der Waals surface area contributed by atoms with Crippen molar-refractivity contribution in [3.05, 3.63) is 54.5 Å². The molecule has 0 fully saturated rings. The minimum atomic E-state index is 0.556. The van der Waals surface area contributed by atoms with Gasteiger partial charge in [-0.25, -0.2) is 4.98 Å². The Hall–Kier alpha value is -3.16. The summed E-state index contributed by atoms with van der Waals surface area (Å²) in [6.45, 7) is 1.17. The number of aryl methyl sites for hydroxylation is 1. The van der Waals surface area contributed by atoms with E-state index in [0.717, 1.165) is 28.9 Å². The average Bonchev–Trinajstić information content (AvgIpc) is 3.25. The molecule has 0 aliphatic heterocycles. The summed E-state index contributed by atoms with van der Waals surface area (Å²) in [5, 5.41) is 11.2. The van der Waals surface area contributed by atoms with Crippen molar-refractivity contribution >= 4 is 5.96 Å². The lowest BCUT2D eigenvalue weighted by molar-refractivity contribution is 0.462. The number of aromatic amines is 1. The molecule has 0 atom stereocenters. The van der Waals surface area contributed by atoms with Crippen molar-refractivity contribution in [2.24, 2.45) is 12.0 Å². The fourth-order valence-corrected chi connectivity index (χ4v) is 2.52. The van der Waals surface area contributed by atoms with Gasteiger partial charge in [0.2, 0.25) is 0 Å². The van der Waals surface area contributed by atoms with E-state index >= 15 is 0 Å². The van der Waals surface area contributed by atoms with Gasteiger partial charge in [0, 0.05) is 21.1 Å². The van der Waals surface area contributed by atoms with Crippen molar-refractivity contribution in [3.8, 4) is 11.3 Å². The Morgan fingerprint density at radius 1 is 1.32 bits per heavy atom. The van der Waals surface area contributed by atoms with Gasteiger partial charge in [0.05, 0.1) is 25.0 Å². The van der Waals surface area contributed by atoms with Crippen LogP contribution in [0.15, 0.2) is 47.8 Å². The van der Waals surface area contributed by atoms with Crippen LogP contribution in [-0.4, -0.2) is 49.7 Å². The first-order valence-electron chi connectivity index (χ1n) is 8.01. The summed E-state index contributed by atoms with van der Waals surface area (Å²) >= 11 is 0. The second-order valence-electron chi connectivity index (χ2n) is 5.72. The highest BCUT2D eigenvalue weighted by Gasteiger charge is 2.11. The molecule has 0 amide bonds. The number of H-pyrrole nitrogens is 1. The maximum Gasteiger partial charge on any atom is 0.194 e. The van der Waals surface area contributed by atoms with Crippen LogP contribution in [-0.2, 0) is 20.1 Å². The molecule has 130 valence electrons. The lowest BCUT2D eigenvalue weighted by Gasteiger charge is -2.20. The summed E-state index contributed by atoms with van der Waals surface area (Å²) in [6, 6.07) is 10.1. The van der Waals surface area contributed by atoms with Crippen molar-refractivity contribution in [1.29, 1.82) is 0 Å². The molecule has 0 saturated heterocycles. The number of nitrogens with zero attached hydrogens (tertiary/aromatic N) is 6. The Morgan fingerprint density at radius 2 is 2.12 bits per heavy atom. The lowest BCUT2D eigenvalue weighted by atomic mass is 10.2. The third-order valence-electron chi connectivity index (χ3n) is 3.88. The van der Waals surface area contributed by atoms with Gasteiger partial charge in [-0.15, -0.1) is 10.2 Å². The Labute approximate surface area is 146 Å². The minimum absolute atomic E-state index is 0.556. The molecule has 8 heteroatoms. The Bertz CT molecular complexity index is 833. The smallest absolute Gasteiger partial charge is 0.194 e. The normalized spacial score (nSPS) is 11.6. The minimum Gasteiger partial charge on any atom is -0.349 e. The van der Waals surface area contributed by atoms with Gasteiger partial charge in [-0.1, -0.05) is 30.3 Å². The van der Waals surface area contributed by atoms with E-state index in [9.17, 15) is 0 Å². The number of nitrogens with one attached hydrogen (secondary N) is 2. The van der Waals surface area contributed by atoms with E-state index in [0.29, 0.717) is 13.1 Å². The average molecular weight is 338 g/mol. The molecule has 0 spiro atoms. The molecule has 0 unspecified atom stereocenters. The van der Waals surface area contributed by atoms with Crippen LogP contribution >= 0.6 is 0 Å². The SMILES string of the molecule is CN=C(NCc1nncn1C)N(C)Cc1ncc(-c2ccccc2)[nH]1. The molecular weight excluding hydrogens is 316 g/mol. The van der Waals surface area contributed by atoms with Crippen LogP contribution in [0.5, 0.6) is 0 Å². The highest BCUT2D eigenvalue weighted by molar-refractivity contribution is 5.79. The summed E-state index contributed by atoms with van der Waals surface area (Å²) in [7, 11) is 5.64. The van der Waals surface area contributed by atoms with Gasteiger partial charge in [-0.05, 0) is 5.56 Å². The lowest BCUT2D eigenvalue weighted by Crippen LogP contribution is -2.38. The predicted molar refractivity (Wildman–Crippen MR) is 96.7 cm³/mol.